The summed E-state index contributed by atoms with van der Waals surface area (Å²) in [6, 6.07) is 7.48. The Labute approximate surface area is 175 Å². The maximum atomic E-state index is 12.9. The van der Waals surface area contributed by atoms with Crippen LogP contribution in [0.2, 0.25) is 0 Å². The minimum Gasteiger partial charge on any atom is -0.352 e. The topological polar surface area (TPSA) is 69.7 Å². The van der Waals surface area contributed by atoms with Gasteiger partial charge in [-0.1, -0.05) is 45.7 Å². The summed E-state index contributed by atoms with van der Waals surface area (Å²) >= 11 is 0. The number of hydrogen-bond acceptors (Lipinski definition) is 4. The molecule has 0 bridgehead atoms. The molecule has 1 amide bonds. The van der Waals surface area contributed by atoms with Crippen molar-refractivity contribution in [3.8, 4) is 0 Å². The number of carbonyl (C=O) groups is 1. The molecule has 1 heterocycles. The lowest BCUT2D eigenvalue weighted by atomic mass is 9.86. The van der Waals surface area contributed by atoms with Crippen LogP contribution in [0.3, 0.4) is 0 Å². The van der Waals surface area contributed by atoms with Crippen LogP contribution in [0.4, 0.5) is 0 Å². The van der Waals surface area contributed by atoms with Crippen LogP contribution < -0.4 is 5.32 Å². The van der Waals surface area contributed by atoms with Gasteiger partial charge in [-0.25, -0.2) is 8.42 Å². The van der Waals surface area contributed by atoms with E-state index in [0.717, 1.165) is 12.0 Å². The first kappa shape index (κ1) is 22.2. The van der Waals surface area contributed by atoms with Crippen molar-refractivity contribution in [3.63, 3.8) is 0 Å². The molecular weight excluding hydrogens is 386 g/mol. The first-order valence-electron chi connectivity index (χ1n) is 10.9. The number of piperazine rings is 1. The summed E-state index contributed by atoms with van der Waals surface area (Å²) in [7, 11) is -3.48. The Kier molecular flexibility index (Phi) is 7.35. The summed E-state index contributed by atoms with van der Waals surface area (Å²) in [4.78, 5) is 14.8. The van der Waals surface area contributed by atoms with Crippen LogP contribution in [0.5, 0.6) is 0 Å². The molecule has 1 aliphatic carbocycles. The molecule has 0 radical (unpaired) electrons. The van der Waals surface area contributed by atoms with E-state index in [0.29, 0.717) is 49.5 Å². The van der Waals surface area contributed by atoms with Gasteiger partial charge < -0.3 is 5.32 Å². The van der Waals surface area contributed by atoms with Gasteiger partial charge in [0.2, 0.25) is 15.9 Å². The summed E-state index contributed by atoms with van der Waals surface area (Å²) in [6.07, 6.45) is 4.68. The number of amides is 1. The number of benzene rings is 1. The maximum Gasteiger partial charge on any atom is 0.243 e. The summed E-state index contributed by atoms with van der Waals surface area (Å²) in [5, 5.41) is 3.19. The van der Waals surface area contributed by atoms with E-state index >= 15 is 0 Å². The molecule has 6 nitrogen and oxygen atoms in total. The van der Waals surface area contributed by atoms with Crippen molar-refractivity contribution in [2.45, 2.75) is 63.3 Å². The summed E-state index contributed by atoms with van der Waals surface area (Å²) in [5.74, 6) is 0.971. The molecule has 2 atom stereocenters. The van der Waals surface area contributed by atoms with Crippen molar-refractivity contribution in [1.82, 2.24) is 14.5 Å². The molecule has 0 unspecified atom stereocenters. The molecule has 1 N–H and O–H groups in total. The predicted octanol–water partition coefficient (Wildman–Crippen LogP) is 2.81. The average Bonchev–Trinajstić information content (AvgIpc) is 2.70. The Morgan fingerprint density at radius 1 is 1.07 bits per heavy atom. The third kappa shape index (κ3) is 5.58. The van der Waals surface area contributed by atoms with Gasteiger partial charge in [-0.05, 0) is 42.4 Å². The van der Waals surface area contributed by atoms with Gasteiger partial charge in [0.1, 0.15) is 0 Å². The molecule has 1 saturated heterocycles. The van der Waals surface area contributed by atoms with E-state index in [-0.39, 0.29) is 11.9 Å². The number of sulfonamides is 1. The van der Waals surface area contributed by atoms with E-state index in [4.69, 9.17) is 0 Å². The molecule has 1 aliphatic heterocycles. The molecule has 1 saturated carbocycles. The van der Waals surface area contributed by atoms with Gasteiger partial charge in [-0.15, -0.1) is 0 Å². The number of nitrogens with one attached hydrogen (secondary N) is 1. The quantitative estimate of drug-likeness (QED) is 0.767. The fraction of sp³-hybridized carbons (Fsp3) is 0.682. The van der Waals surface area contributed by atoms with Crippen LogP contribution in [-0.2, 0) is 14.8 Å². The summed E-state index contributed by atoms with van der Waals surface area (Å²) < 4.78 is 27.4. The Balaban J connectivity index is 1.51. The lowest BCUT2D eigenvalue weighted by Gasteiger charge is -2.34. The standard InChI is InChI=1S/C22H35N3O3S/c1-17(2)19-8-10-20(11-9-19)29(27,28)25-14-12-24(13-15-25)16-22(26)23-21-7-5-4-6-18(21)3/h8-11,17-18,21H,4-7,12-16H2,1-3H3,(H,23,26)/t18-,21-/m1/s1. The normalized spacial score (nSPS) is 24.6. The molecule has 7 heteroatoms. The van der Waals surface area contributed by atoms with Gasteiger partial charge in [0.25, 0.3) is 0 Å². The number of nitrogens with zero attached hydrogens (tertiary/aromatic N) is 2. The molecule has 0 aromatic heterocycles. The molecule has 162 valence electrons. The zero-order valence-corrected chi connectivity index (χ0v) is 18.7. The predicted molar refractivity (Wildman–Crippen MR) is 115 cm³/mol. The summed E-state index contributed by atoms with van der Waals surface area (Å²) in [6.45, 7) is 8.74. The highest BCUT2D eigenvalue weighted by Crippen LogP contribution is 2.24. The van der Waals surface area contributed by atoms with E-state index in [1.807, 2.05) is 12.1 Å². The van der Waals surface area contributed by atoms with E-state index in [1.54, 1.807) is 12.1 Å². The molecule has 3 rings (SSSR count). The van der Waals surface area contributed by atoms with Crippen molar-refractivity contribution >= 4 is 15.9 Å². The maximum absolute atomic E-state index is 12.9. The molecule has 0 spiro atoms. The lowest BCUT2D eigenvalue weighted by molar-refractivity contribution is -0.123. The van der Waals surface area contributed by atoms with Crippen LogP contribution in [0.1, 0.15) is 57.9 Å². The highest BCUT2D eigenvalue weighted by Gasteiger charge is 2.30. The second kappa shape index (κ2) is 9.58. The van der Waals surface area contributed by atoms with Crippen molar-refractivity contribution in [2.24, 2.45) is 5.92 Å². The van der Waals surface area contributed by atoms with Crippen LogP contribution >= 0.6 is 0 Å². The second-order valence-corrected chi connectivity index (χ2v) is 10.8. The minimum atomic E-state index is -3.48. The lowest BCUT2D eigenvalue weighted by Crippen LogP contribution is -2.52. The highest BCUT2D eigenvalue weighted by atomic mass is 32.2. The van der Waals surface area contributed by atoms with Crippen molar-refractivity contribution < 1.29 is 13.2 Å². The molecule has 2 fully saturated rings. The minimum absolute atomic E-state index is 0.0596. The van der Waals surface area contributed by atoms with E-state index in [2.05, 4.69) is 31.0 Å². The van der Waals surface area contributed by atoms with Gasteiger partial charge in [0.05, 0.1) is 11.4 Å². The molecule has 1 aromatic rings. The molecule has 29 heavy (non-hydrogen) atoms. The SMILES string of the molecule is CC(C)c1ccc(S(=O)(=O)N2CCN(CC(=O)N[C@@H]3CCCC[C@H]3C)CC2)cc1. The number of rotatable bonds is 6. The number of hydrogen-bond donors (Lipinski definition) is 1. The zero-order chi connectivity index (χ0) is 21.0. The second-order valence-electron chi connectivity index (χ2n) is 8.84. The average molecular weight is 422 g/mol. The highest BCUT2D eigenvalue weighted by molar-refractivity contribution is 7.89. The largest absolute Gasteiger partial charge is 0.352 e. The van der Waals surface area contributed by atoms with Crippen LogP contribution in [-0.4, -0.2) is 62.3 Å². The van der Waals surface area contributed by atoms with Gasteiger partial charge in [-0.2, -0.15) is 4.31 Å². The molecule has 1 aromatic carbocycles. The zero-order valence-electron chi connectivity index (χ0n) is 17.9. The van der Waals surface area contributed by atoms with Gasteiger partial charge in [0.15, 0.2) is 0 Å². The number of carbonyl (C=O) groups excluding carboxylic acids is 1. The third-order valence-electron chi connectivity index (χ3n) is 6.34. The first-order chi connectivity index (χ1) is 13.8. The Morgan fingerprint density at radius 3 is 2.28 bits per heavy atom. The Morgan fingerprint density at radius 2 is 1.69 bits per heavy atom. The summed E-state index contributed by atoms with van der Waals surface area (Å²) in [5.41, 5.74) is 1.13. The molecule has 2 aliphatic rings. The Hall–Kier alpha value is -1.44. The van der Waals surface area contributed by atoms with Crippen LogP contribution in [0.15, 0.2) is 29.2 Å². The van der Waals surface area contributed by atoms with Crippen LogP contribution in [0, 0.1) is 5.92 Å². The first-order valence-corrected chi connectivity index (χ1v) is 12.3. The molecular formula is C22H35N3O3S. The fourth-order valence-electron chi connectivity index (χ4n) is 4.29. The van der Waals surface area contributed by atoms with Gasteiger partial charge in [-0.3, -0.25) is 9.69 Å². The van der Waals surface area contributed by atoms with Gasteiger partial charge in [0, 0.05) is 32.2 Å². The third-order valence-corrected chi connectivity index (χ3v) is 8.25. The van der Waals surface area contributed by atoms with Crippen molar-refractivity contribution in [2.75, 3.05) is 32.7 Å². The smallest absolute Gasteiger partial charge is 0.243 e. The van der Waals surface area contributed by atoms with Crippen LogP contribution in [0.25, 0.3) is 0 Å². The monoisotopic (exact) mass is 421 g/mol. The van der Waals surface area contributed by atoms with Gasteiger partial charge >= 0.3 is 0 Å². The van der Waals surface area contributed by atoms with Crippen molar-refractivity contribution in [3.05, 3.63) is 29.8 Å². The Bertz CT molecular complexity index is 784. The van der Waals surface area contributed by atoms with E-state index in [1.165, 1.54) is 23.6 Å². The van der Waals surface area contributed by atoms with E-state index in [9.17, 15) is 13.2 Å². The fourth-order valence-corrected chi connectivity index (χ4v) is 5.71. The van der Waals surface area contributed by atoms with E-state index < -0.39 is 10.0 Å². The van der Waals surface area contributed by atoms with Crippen molar-refractivity contribution in [1.29, 1.82) is 0 Å².